The fourth-order valence-corrected chi connectivity index (χ4v) is 3.65. The van der Waals surface area contributed by atoms with Gasteiger partial charge in [-0.1, -0.05) is 26.7 Å². The molecule has 1 saturated heterocycles. The lowest BCUT2D eigenvalue weighted by atomic mass is 9.82. The molecule has 2 rings (SSSR count). The van der Waals surface area contributed by atoms with Crippen molar-refractivity contribution in [3.05, 3.63) is 0 Å². The number of likely N-dealkylation sites (N-methyl/N-ethyl adjacent to an activating group) is 1. The number of rotatable bonds is 5. The highest BCUT2D eigenvalue weighted by atomic mass is 15.1. The molecular formula is C15H30N2. The van der Waals surface area contributed by atoms with Crippen molar-refractivity contribution >= 4 is 0 Å². The highest BCUT2D eigenvalue weighted by molar-refractivity contribution is 4.80. The topological polar surface area (TPSA) is 15.3 Å². The van der Waals surface area contributed by atoms with Gasteiger partial charge in [-0.15, -0.1) is 0 Å². The summed E-state index contributed by atoms with van der Waals surface area (Å²) in [5.41, 5.74) is 0. The number of hydrogen-bond donors (Lipinski definition) is 1. The zero-order chi connectivity index (χ0) is 12.1. The number of nitrogens with zero attached hydrogens (tertiary/aromatic N) is 1. The average Bonchev–Trinajstić information content (AvgIpc) is 2.81. The van der Waals surface area contributed by atoms with Crippen LogP contribution in [0, 0.1) is 11.8 Å². The molecular weight excluding hydrogens is 208 g/mol. The third-order valence-corrected chi connectivity index (χ3v) is 4.65. The van der Waals surface area contributed by atoms with Crippen molar-refractivity contribution in [1.82, 2.24) is 10.2 Å². The summed E-state index contributed by atoms with van der Waals surface area (Å²) < 4.78 is 0. The lowest BCUT2D eigenvalue weighted by molar-refractivity contribution is 0.175. The van der Waals surface area contributed by atoms with Gasteiger partial charge < -0.3 is 10.2 Å². The number of hydrogen-bond acceptors (Lipinski definition) is 2. The van der Waals surface area contributed by atoms with Crippen LogP contribution in [0.25, 0.3) is 0 Å². The predicted molar refractivity (Wildman–Crippen MR) is 74.3 cm³/mol. The Balaban J connectivity index is 1.73. The molecule has 2 aliphatic rings. The van der Waals surface area contributed by atoms with Gasteiger partial charge in [-0.3, -0.25) is 0 Å². The molecule has 2 nitrogen and oxygen atoms in total. The van der Waals surface area contributed by atoms with Crippen LogP contribution in [-0.2, 0) is 0 Å². The smallest absolute Gasteiger partial charge is 0.0195 e. The fourth-order valence-electron chi connectivity index (χ4n) is 3.65. The second-order valence-corrected chi connectivity index (χ2v) is 6.28. The molecule has 0 bridgehead atoms. The molecule has 1 aliphatic heterocycles. The van der Waals surface area contributed by atoms with E-state index in [1.165, 1.54) is 64.7 Å². The van der Waals surface area contributed by atoms with Gasteiger partial charge in [-0.2, -0.15) is 0 Å². The first-order chi connectivity index (χ1) is 8.28. The summed E-state index contributed by atoms with van der Waals surface area (Å²) in [4.78, 5) is 2.69. The molecule has 3 unspecified atom stereocenters. The van der Waals surface area contributed by atoms with E-state index in [0.29, 0.717) is 0 Å². The Hall–Kier alpha value is -0.0800. The van der Waals surface area contributed by atoms with E-state index in [-0.39, 0.29) is 0 Å². The van der Waals surface area contributed by atoms with E-state index in [9.17, 15) is 0 Å². The number of nitrogens with one attached hydrogen (secondary N) is 1. The Labute approximate surface area is 107 Å². The largest absolute Gasteiger partial charge is 0.313 e. The third kappa shape index (κ3) is 4.26. The lowest BCUT2D eigenvalue weighted by Crippen LogP contribution is -2.40. The molecule has 0 radical (unpaired) electrons. The molecule has 0 amide bonds. The van der Waals surface area contributed by atoms with Crippen molar-refractivity contribution < 1.29 is 0 Å². The minimum atomic E-state index is 0.774. The molecule has 3 atom stereocenters. The van der Waals surface area contributed by atoms with Gasteiger partial charge in [-0.05, 0) is 50.6 Å². The van der Waals surface area contributed by atoms with E-state index < -0.39 is 0 Å². The van der Waals surface area contributed by atoms with Crippen LogP contribution in [0.1, 0.15) is 52.4 Å². The van der Waals surface area contributed by atoms with Gasteiger partial charge in [0.15, 0.2) is 0 Å². The molecule has 1 saturated carbocycles. The Bertz CT molecular complexity index is 211. The van der Waals surface area contributed by atoms with E-state index in [2.05, 4.69) is 24.1 Å². The Kier molecular flexibility index (Phi) is 5.30. The first-order valence-corrected chi connectivity index (χ1v) is 7.73. The highest BCUT2D eigenvalue weighted by Crippen LogP contribution is 2.29. The molecule has 1 N–H and O–H groups in total. The van der Waals surface area contributed by atoms with Crippen LogP contribution in [0.5, 0.6) is 0 Å². The van der Waals surface area contributed by atoms with Crippen molar-refractivity contribution in [1.29, 1.82) is 0 Å². The summed E-state index contributed by atoms with van der Waals surface area (Å²) in [6, 6.07) is 0.774. The summed E-state index contributed by atoms with van der Waals surface area (Å²) in [5, 5.41) is 3.63. The summed E-state index contributed by atoms with van der Waals surface area (Å²) in [6.45, 7) is 9.84. The van der Waals surface area contributed by atoms with E-state index in [4.69, 9.17) is 0 Å². The van der Waals surface area contributed by atoms with Crippen molar-refractivity contribution in [3.8, 4) is 0 Å². The van der Waals surface area contributed by atoms with Gasteiger partial charge in [0.2, 0.25) is 0 Å². The van der Waals surface area contributed by atoms with Gasteiger partial charge in [0.05, 0.1) is 0 Å². The molecule has 0 aromatic rings. The molecule has 0 aromatic heterocycles. The van der Waals surface area contributed by atoms with Crippen LogP contribution < -0.4 is 5.32 Å². The highest BCUT2D eigenvalue weighted by Gasteiger charge is 2.23. The molecule has 100 valence electrons. The van der Waals surface area contributed by atoms with Crippen LogP contribution >= 0.6 is 0 Å². The lowest BCUT2D eigenvalue weighted by Gasteiger charge is -2.32. The molecule has 1 heterocycles. The van der Waals surface area contributed by atoms with Crippen LogP contribution in [0.15, 0.2) is 0 Å². The third-order valence-electron chi connectivity index (χ3n) is 4.65. The molecule has 0 spiro atoms. The Morgan fingerprint density at radius 3 is 2.65 bits per heavy atom. The van der Waals surface area contributed by atoms with Crippen LogP contribution in [0.2, 0.25) is 0 Å². The molecule has 0 aromatic carbocycles. The van der Waals surface area contributed by atoms with E-state index in [1.807, 2.05) is 0 Å². The van der Waals surface area contributed by atoms with E-state index in [1.54, 1.807) is 0 Å². The maximum Gasteiger partial charge on any atom is 0.0195 e. The van der Waals surface area contributed by atoms with Gasteiger partial charge in [-0.25, -0.2) is 0 Å². The zero-order valence-electron chi connectivity index (χ0n) is 11.8. The second kappa shape index (κ2) is 6.75. The summed E-state index contributed by atoms with van der Waals surface area (Å²) in [6.07, 6.45) is 8.63. The van der Waals surface area contributed by atoms with Gasteiger partial charge in [0.25, 0.3) is 0 Å². The SMILES string of the molecule is CCN(CC1CCCC(C)C1)CC1CCCN1. The second-order valence-electron chi connectivity index (χ2n) is 6.28. The van der Waals surface area contributed by atoms with Crippen molar-refractivity contribution in [2.45, 2.75) is 58.4 Å². The standard InChI is InChI=1S/C15H30N2/c1-3-17(12-15-8-5-9-16-15)11-14-7-4-6-13(2)10-14/h13-16H,3-12H2,1-2H3. The van der Waals surface area contributed by atoms with Crippen molar-refractivity contribution in [2.75, 3.05) is 26.2 Å². The fraction of sp³-hybridized carbons (Fsp3) is 1.00. The minimum Gasteiger partial charge on any atom is -0.313 e. The van der Waals surface area contributed by atoms with E-state index in [0.717, 1.165) is 17.9 Å². The summed E-state index contributed by atoms with van der Waals surface area (Å²) >= 11 is 0. The van der Waals surface area contributed by atoms with Crippen LogP contribution in [0.3, 0.4) is 0 Å². The molecule has 17 heavy (non-hydrogen) atoms. The quantitative estimate of drug-likeness (QED) is 0.792. The maximum atomic E-state index is 3.63. The first kappa shape index (κ1) is 13.4. The molecule has 2 heteroatoms. The zero-order valence-corrected chi connectivity index (χ0v) is 11.8. The monoisotopic (exact) mass is 238 g/mol. The van der Waals surface area contributed by atoms with Crippen molar-refractivity contribution in [3.63, 3.8) is 0 Å². The summed E-state index contributed by atoms with van der Waals surface area (Å²) in [5.74, 6) is 1.94. The predicted octanol–water partition coefficient (Wildman–Crippen LogP) is 2.89. The van der Waals surface area contributed by atoms with Crippen LogP contribution in [-0.4, -0.2) is 37.1 Å². The summed E-state index contributed by atoms with van der Waals surface area (Å²) in [7, 11) is 0. The molecule has 1 aliphatic carbocycles. The van der Waals surface area contributed by atoms with Crippen molar-refractivity contribution in [2.24, 2.45) is 11.8 Å². The van der Waals surface area contributed by atoms with Gasteiger partial charge >= 0.3 is 0 Å². The van der Waals surface area contributed by atoms with Gasteiger partial charge in [0, 0.05) is 19.1 Å². The molecule has 2 fully saturated rings. The Morgan fingerprint density at radius 2 is 2.00 bits per heavy atom. The maximum absolute atomic E-state index is 3.63. The average molecular weight is 238 g/mol. The first-order valence-electron chi connectivity index (χ1n) is 7.73. The normalized spacial score (nSPS) is 34.4. The Morgan fingerprint density at radius 1 is 1.12 bits per heavy atom. The van der Waals surface area contributed by atoms with Crippen LogP contribution in [0.4, 0.5) is 0 Å². The van der Waals surface area contributed by atoms with Gasteiger partial charge in [0.1, 0.15) is 0 Å². The van der Waals surface area contributed by atoms with E-state index >= 15 is 0 Å². The minimum absolute atomic E-state index is 0.774.